The molecule has 1 saturated carbocycles. The van der Waals surface area contributed by atoms with Crippen LogP contribution in [0.3, 0.4) is 0 Å². The summed E-state index contributed by atoms with van der Waals surface area (Å²) in [6.45, 7) is 1.50. The van der Waals surface area contributed by atoms with E-state index in [9.17, 15) is 20.0 Å². The number of hydrogen-bond acceptors (Lipinski definition) is 5. The van der Waals surface area contributed by atoms with Crippen molar-refractivity contribution in [2.24, 2.45) is 13.0 Å². The molecule has 1 aliphatic carbocycles. The standard InChI is InChI=1S/C15H24N4O4/c1-10-13(19(22)23)14(18(2)17-10)15(21)16-12(8-9-20)11-6-4-3-5-7-11/h11-12,20H,3-9H2,1-2H3,(H,16,21). The molecular formula is C15H24N4O4. The van der Waals surface area contributed by atoms with Gasteiger partial charge >= 0.3 is 5.69 Å². The number of carbonyl (C=O) groups excluding carboxylic acids is 1. The van der Waals surface area contributed by atoms with Gasteiger partial charge in [0.1, 0.15) is 5.69 Å². The maximum absolute atomic E-state index is 12.6. The van der Waals surface area contributed by atoms with E-state index in [0.717, 1.165) is 25.7 Å². The van der Waals surface area contributed by atoms with Crippen LogP contribution in [0.15, 0.2) is 0 Å². The molecule has 23 heavy (non-hydrogen) atoms. The Bertz CT molecular complexity index is 578. The molecule has 0 radical (unpaired) electrons. The molecule has 128 valence electrons. The zero-order valence-electron chi connectivity index (χ0n) is 13.6. The number of aliphatic hydroxyl groups excluding tert-OH is 1. The van der Waals surface area contributed by atoms with E-state index in [4.69, 9.17) is 0 Å². The van der Waals surface area contributed by atoms with E-state index < -0.39 is 10.8 Å². The second-order valence-electron chi connectivity index (χ2n) is 6.15. The molecule has 1 heterocycles. The van der Waals surface area contributed by atoms with E-state index in [2.05, 4.69) is 10.4 Å². The van der Waals surface area contributed by atoms with Crippen LogP contribution in [0.4, 0.5) is 5.69 Å². The van der Waals surface area contributed by atoms with Crippen LogP contribution in [0.5, 0.6) is 0 Å². The maximum atomic E-state index is 12.6. The van der Waals surface area contributed by atoms with Gasteiger partial charge in [-0.15, -0.1) is 0 Å². The highest BCUT2D eigenvalue weighted by molar-refractivity contribution is 5.97. The van der Waals surface area contributed by atoms with Crippen molar-refractivity contribution in [1.29, 1.82) is 0 Å². The fraction of sp³-hybridized carbons (Fsp3) is 0.733. The minimum atomic E-state index is -0.571. The highest BCUT2D eigenvalue weighted by Crippen LogP contribution is 2.28. The van der Waals surface area contributed by atoms with E-state index >= 15 is 0 Å². The minimum absolute atomic E-state index is 0.0199. The predicted octanol–water partition coefficient (Wildman–Crippen LogP) is 1.70. The fourth-order valence-corrected chi connectivity index (χ4v) is 3.46. The van der Waals surface area contributed by atoms with Crippen molar-refractivity contribution in [1.82, 2.24) is 15.1 Å². The van der Waals surface area contributed by atoms with Crippen LogP contribution >= 0.6 is 0 Å². The first kappa shape index (κ1) is 17.4. The topological polar surface area (TPSA) is 110 Å². The number of nitrogens with zero attached hydrogens (tertiary/aromatic N) is 3. The summed E-state index contributed by atoms with van der Waals surface area (Å²) in [5.41, 5.74) is -0.0679. The van der Waals surface area contributed by atoms with Crippen LogP contribution in [0.25, 0.3) is 0 Å². The molecule has 0 spiro atoms. The quantitative estimate of drug-likeness (QED) is 0.611. The summed E-state index contributed by atoms with van der Waals surface area (Å²) in [5.74, 6) is -0.183. The van der Waals surface area contributed by atoms with Crippen molar-refractivity contribution < 1.29 is 14.8 Å². The zero-order chi connectivity index (χ0) is 17.0. The van der Waals surface area contributed by atoms with Gasteiger partial charge < -0.3 is 10.4 Å². The lowest BCUT2D eigenvalue weighted by Gasteiger charge is -2.30. The summed E-state index contributed by atoms with van der Waals surface area (Å²) in [7, 11) is 1.52. The molecule has 1 atom stereocenters. The normalized spacial score (nSPS) is 17.0. The van der Waals surface area contributed by atoms with Crippen LogP contribution in [-0.4, -0.2) is 38.4 Å². The van der Waals surface area contributed by atoms with Crippen molar-refractivity contribution in [3.05, 3.63) is 21.5 Å². The number of aliphatic hydroxyl groups is 1. The van der Waals surface area contributed by atoms with Crippen LogP contribution < -0.4 is 5.32 Å². The Morgan fingerprint density at radius 1 is 1.48 bits per heavy atom. The average Bonchev–Trinajstić information content (AvgIpc) is 2.82. The van der Waals surface area contributed by atoms with Crippen molar-refractivity contribution in [2.75, 3.05) is 6.61 Å². The second kappa shape index (κ2) is 7.54. The molecule has 0 aromatic carbocycles. The molecule has 8 heteroatoms. The number of amides is 1. The average molecular weight is 324 g/mol. The summed E-state index contributed by atoms with van der Waals surface area (Å²) in [6, 6.07) is -0.164. The van der Waals surface area contributed by atoms with E-state index in [0.29, 0.717) is 12.3 Å². The molecule has 0 bridgehead atoms. The van der Waals surface area contributed by atoms with Crippen molar-refractivity contribution in [2.45, 2.75) is 51.5 Å². The van der Waals surface area contributed by atoms with Gasteiger partial charge in [0, 0.05) is 19.7 Å². The number of carbonyl (C=O) groups is 1. The summed E-state index contributed by atoms with van der Waals surface area (Å²) < 4.78 is 1.25. The highest BCUT2D eigenvalue weighted by atomic mass is 16.6. The Labute approximate surface area is 135 Å². The van der Waals surface area contributed by atoms with Gasteiger partial charge in [-0.3, -0.25) is 19.6 Å². The van der Waals surface area contributed by atoms with Gasteiger partial charge in [0.2, 0.25) is 5.69 Å². The fourth-order valence-electron chi connectivity index (χ4n) is 3.46. The summed E-state index contributed by atoms with van der Waals surface area (Å²) in [6.07, 6.45) is 5.92. The molecule has 1 aromatic rings. The summed E-state index contributed by atoms with van der Waals surface area (Å²) in [4.78, 5) is 23.2. The molecule has 1 unspecified atom stereocenters. The first-order chi connectivity index (χ1) is 11.0. The number of nitrogens with one attached hydrogen (secondary N) is 1. The van der Waals surface area contributed by atoms with E-state index in [1.54, 1.807) is 0 Å². The lowest BCUT2D eigenvalue weighted by atomic mass is 9.82. The molecule has 1 fully saturated rings. The monoisotopic (exact) mass is 324 g/mol. The molecule has 1 aromatic heterocycles. The van der Waals surface area contributed by atoms with Crippen LogP contribution in [-0.2, 0) is 7.05 Å². The third kappa shape index (κ3) is 3.87. The molecular weight excluding hydrogens is 300 g/mol. The smallest absolute Gasteiger partial charge is 0.322 e. The van der Waals surface area contributed by atoms with Gasteiger partial charge in [-0.25, -0.2) is 0 Å². The van der Waals surface area contributed by atoms with Gasteiger partial charge in [0.05, 0.1) is 4.92 Å². The second-order valence-corrected chi connectivity index (χ2v) is 6.15. The molecule has 2 N–H and O–H groups in total. The van der Waals surface area contributed by atoms with Crippen LogP contribution in [0.2, 0.25) is 0 Å². The van der Waals surface area contributed by atoms with E-state index in [1.165, 1.54) is 25.1 Å². The number of hydrogen-bond donors (Lipinski definition) is 2. The molecule has 0 saturated heterocycles. The van der Waals surface area contributed by atoms with Crippen LogP contribution in [0, 0.1) is 23.0 Å². The van der Waals surface area contributed by atoms with E-state index in [-0.39, 0.29) is 29.7 Å². The predicted molar refractivity (Wildman–Crippen MR) is 84.1 cm³/mol. The van der Waals surface area contributed by atoms with E-state index in [1.807, 2.05) is 0 Å². The molecule has 0 aliphatic heterocycles. The van der Waals surface area contributed by atoms with Gasteiger partial charge in [-0.05, 0) is 32.1 Å². The first-order valence-corrected chi connectivity index (χ1v) is 8.05. The van der Waals surface area contributed by atoms with Crippen LogP contribution in [0.1, 0.15) is 54.7 Å². The Hall–Kier alpha value is -1.96. The SMILES string of the molecule is Cc1nn(C)c(C(=O)NC(CCO)C2CCCCC2)c1[N+](=O)[O-]. The largest absolute Gasteiger partial charge is 0.396 e. The molecule has 2 rings (SSSR count). The Balaban J connectivity index is 2.20. The minimum Gasteiger partial charge on any atom is -0.396 e. The van der Waals surface area contributed by atoms with Gasteiger partial charge in [-0.2, -0.15) is 5.10 Å². The van der Waals surface area contributed by atoms with Crippen molar-refractivity contribution in [3.8, 4) is 0 Å². The van der Waals surface area contributed by atoms with Gasteiger partial charge in [0.25, 0.3) is 5.91 Å². The third-order valence-electron chi connectivity index (χ3n) is 4.56. The zero-order valence-corrected chi connectivity index (χ0v) is 13.6. The molecule has 1 aliphatic rings. The number of nitro groups is 1. The van der Waals surface area contributed by atoms with Gasteiger partial charge in [0.15, 0.2) is 0 Å². The number of aryl methyl sites for hydroxylation is 2. The van der Waals surface area contributed by atoms with Crippen molar-refractivity contribution in [3.63, 3.8) is 0 Å². The third-order valence-corrected chi connectivity index (χ3v) is 4.56. The molecule has 8 nitrogen and oxygen atoms in total. The van der Waals surface area contributed by atoms with Crippen molar-refractivity contribution >= 4 is 11.6 Å². The summed E-state index contributed by atoms with van der Waals surface area (Å²) >= 11 is 0. The molecule has 1 amide bonds. The Morgan fingerprint density at radius 3 is 2.70 bits per heavy atom. The lowest BCUT2D eigenvalue weighted by Crippen LogP contribution is -2.42. The summed E-state index contributed by atoms with van der Waals surface area (Å²) in [5, 5.41) is 27.4. The Kier molecular flexibility index (Phi) is 5.70. The van der Waals surface area contributed by atoms with Gasteiger partial charge in [-0.1, -0.05) is 19.3 Å². The lowest BCUT2D eigenvalue weighted by molar-refractivity contribution is -0.385. The Morgan fingerprint density at radius 2 is 2.13 bits per heavy atom. The number of aromatic nitrogens is 2. The first-order valence-electron chi connectivity index (χ1n) is 8.05. The maximum Gasteiger partial charge on any atom is 0.322 e. The highest BCUT2D eigenvalue weighted by Gasteiger charge is 2.32. The number of rotatable bonds is 6.